The number of amides is 3. The summed E-state index contributed by atoms with van der Waals surface area (Å²) in [6.45, 7) is 1.72. The number of fused-ring (bicyclic) bond motifs is 1. The number of hydrogen-bond acceptors (Lipinski definition) is 4. The Hall–Kier alpha value is -3.14. The molecule has 0 spiro atoms. The van der Waals surface area contributed by atoms with Crippen molar-refractivity contribution in [2.45, 2.75) is 13.1 Å². The van der Waals surface area contributed by atoms with Gasteiger partial charge in [0.1, 0.15) is 0 Å². The van der Waals surface area contributed by atoms with E-state index < -0.39 is 23.5 Å². The Morgan fingerprint density at radius 3 is 2.68 bits per heavy atom. The van der Waals surface area contributed by atoms with E-state index in [1.165, 1.54) is 23.0 Å². The van der Waals surface area contributed by atoms with Crippen molar-refractivity contribution in [2.75, 3.05) is 10.2 Å². The Kier molecular flexibility index (Phi) is 4.99. The standard InChI is InChI=1S/C17H13ClF3N5O2/c1-9-12-6-11(7-22-15(12)25(2)24-9)26(8-27)16(28)23-14-4-3-10(18)5-13(14)17(19,20)21/h3-8H,1-2H3,(H,23,28). The molecule has 0 saturated carbocycles. The minimum atomic E-state index is -4.74. The van der Waals surface area contributed by atoms with Crippen LogP contribution in [0.3, 0.4) is 0 Å². The van der Waals surface area contributed by atoms with Crippen molar-refractivity contribution >= 4 is 46.5 Å². The van der Waals surface area contributed by atoms with Crippen LogP contribution in [0.4, 0.5) is 29.3 Å². The zero-order valence-electron chi connectivity index (χ0n) is 14.6. The molecule has 146 valence electrons. The quantitative estimate of drug-likeness (QED) is 0.657. The summed E-state index contributed by atoms with van der Waals surface area (Å²) in [5.74, 6) is 0. The van der Waals surface area contributed by atoms with E-state index in [0.29, 0.717) is 27.7 Å². The van der Waals surface area contributed by atoms with Crippen LogP contribution in [0.15, 0.2) is 30.5 Å². The highest BCUT2D eigenvalue weighted by molar-refractivity contribution is 6.30. The van der Waals surface area contributed by atoms with E-state index in [1.807, 2.05) is 0 Å². The molecule has 28 heavy (non-hydrogen) atoms. The van der Waals surface area contributed by atoms with E-state index in [9.17, 15) is 22.8 Å². The molecule has 0 aliphatic carbocycles. The number of aryl methyl sites for hydroxylation is 2. The van der Waals surface area contributed by atoms with Gasteiger partial charge in [-0.25, -0.2) is 14.7 Å². The molecule has 2 heterocycles. The number of benzene rings is 1. The Balaban J connectivity index is 1.95. The van der Waals surface area contributed by atoms with Crippen molar-refractivity contribution in [2.24, 2.45) is 7.05 Å². The predicted molar refractivity (Wildman–Crippen MR) is 97.3 cm³/mol. The summed E-state index contributed by atoms with van der Waals surface area (Å²) < 4.78 is 41.1. The van der Waals surface area contributed by atoms with Crippen LogP contribution in [0.2, 0.25) is 5.02 Å². The lowest BCUT2D eigenvalue weighted by molar-refractivity contribution is -0.136. The SMILES string of the molecule is Cc1nn(C)c2ncc(N(C=O)C(=O)Nc3ccc(Cl)cc3C(F)(F)F)cc12. The van der Waals surface area contributed by atoms with Crippen molar-refractivity contribution in [3.63, 3.8) is 0 Å². The lowest BCUT2D eigenvalue weighted by Gasteiger charge is -2.19. The molecular formula is C17H13ClF3N5O2. The fourth-order valence-corrected chi connectivity index (χ4v) is 2.86. The first-order valence-electron chi connectivity index (χ1n) is 7.83. The third-order valence-electron chi connectivity index (χ3n) is 3.98. The molecule has 1 aromatic carbocycles. The lowest BCUT2D eigenvalue weighted by Crippen LogP contribution is -2.34. The summed E-state index contributed by atoms with van der Waals surface area (Å²) in [6, 6.07) is 3.33. The number of alkyl halides is 3. The van der Waals surface area contributed by atoms with E-state index in [4.69, 9.17) is 11.6 Å². The summed E-state index contributed by atoms with van der Waals surface area (Å²) in [6.07, 6.45) is -3.30. The molecular weight excluding hydrogens is 399 g/mol. The minimum absolute atomic E-state index is 0.0821. The average Bonchev–Trinajstić information content (AvgIpc) is 2.90. The molecule has 0 atom stereocenters. The summed E-state index contributed by atoms with van der Waals surface area (Å²) in [4.78, 5) is 28.7. The largest absolute Gasteiger partial charge is 0.418 e. The van der Waals surface area contributed by atoms with Gasteiger partial charge in [0.2, 0.25) is 6.41 Å². The fourth-order valence-electron chi connectivity index (χ4n) is 2.69. The number of hydrogen-bond donors (Lipinski definition) is 1. The average molecular weight is 412 g/mol. The Morgan fingerprint density at radius 2 is 2.04 bits per heavy atom. The molecule has 2 aromatic heterocycles. The number of rotatable bonds is 3. The van der Waals surface area contributed by atoms with Crippen LogP contribution in [0.5, 0.6) is 0 Å². The zero-order valence-corrected chi connectivity index (χ0v) is 15.3. The molecule has 0 bridgehead atoms. The number of anilines is 2. The molecule has 1 N–H and O–H groups in total. The Labute approximate surface area is 161 Å². The molecule has 0 aliphatic rings. The normalized spacial score (nSPS) is 11.5. The van der Waals surface area contributed by atoms with Crippen molar-refractivity contribution < 1.29 is 22.8 Å². The second kappa shape index (κ2) is 7.12. The van der Waals surface area contributed by atoms with Gasteiger partial charge >= 0.3 is 12.2 Å². The van der Waals surface area contributed by atoms with Crippen molar-refractivity contribution in [1.29, 1.82) is 0 Å². The molecule has 3 rings (SSSR count). The van der Waals surface area contributed by atoms with Crippen LogP contribution >= 0.6 is 11.6 Å². The second-order valence-corrected chi connectivity index (χ2v) is 6.30. The maximum Gasteiger partial charge on any atom is 0.418 e. The Morgan fingerprint density at radius 1 is 1.32 bits per heavy atom. The number of aromatic nitrogens is 3. The van der Waals surface area contributed by atoms with Crippen LogP contribution in [0, 0.1) is 6.92 Å². The molecule has 7 nitrogen and oxygen atoms in total. The summed E-state index contributed by atoms with van der Waals surface area (Å²) >= 11 is 5.62. The number of urea groups is 1. The summed E-state index contributed by atoms with van der Waals surface area (Å²) in [7, 11) is 1.69. The van der Waals surface area contributed by atoms with E-state index in [2.05, 4.69) is 15.4 Å². The van der Waals surface area contributed by atoms with Crippen LogP contribution < -0.4 is 10.2 Å². The van der Waals surface area contributed by atoms with Gasteiger partial charge in [0, 0.05) is 17.5 Å². The zero-order chi connectivity index (χ0) is 20.6. The van der Waals surface area contributed by atoms with Gasteiger partial charge in [-0.1, -0.05) is 11.6 Å². The van der Waals surface area contributed by atoms with Crippen LogP contribution in [0.25, 0.3) is 11.0 Å². The maximum absolute atomic E-state index is 13.2. The van der Waals surface area contributed by atoms with Gasteiger partial charge in [0.05, 0.1) is 28.8 Å². The van der Waals surface area contributed by atoms with Crippen LogP contribution in [-0.4, -0.2) is 27.2 Å². The monoisotopic (exact) mass is 411 g/mol. The number of carbonyl (C=O) groups is 2. The molecule has 3 amide bonds. The molecule has 3 aromatic rings. The van der Waals surface area contributed by atoms with E-state index >= 15 is 0 Å². The number of imide groups is 1. The van der Waals surface area contributed by atoms with E-state index in [0.717, 1.165) is 6.07 Å². The second-order valence-electron chi connectivity index (χ2n) is 5.87. The highest BCUT2D eigenvalue weighted by Gasteiger charge is 2.34. The van der Waals surface area contributed by atoms with Gasteiger partial charge in [0.15, 0.2) is 5.65 Å². The summed E-state index contributed by atoms with van der Waals surface area (Å²) in [5.41, 5.74) is -0.422. The predicted octanol–water partition coefficient (Wildman–Crippen LogP) is 4.14. The molecule has 11 heteroatoms. The summed E-state index contributed by atoms with van der Waals surface area (Å²) in [5, 5.41) is 6.73. The number of halogens is 4. The first-order chi connectivity index (χ1) is 13.1. The van der Waals surface area contributed by atoms with Crippen molar-refractivity contribution in [1.82, 2.24) is 14.8 Å². The first-order valence-corrected chi connectivity index (χ1v) is 8.21. The van der Waals surface area contributed by atoms with Gasteiger partial charge in [0.25, 0.3) is 0 Å². The van der Waals surface area contributed by atoms with E-state index in [-0.39, 0.29) is 17.1 Å². The third-order valence-corrected chi connectivity index (χ3v) is 4.21. The van der Waals surface area contributed by atoms with Crippen LogP contribution in [0.1, 0.15) is 11.3 Å². The third kappa shape index (κ3) is 3.63. The van der Waals surface area contributed by atoms with Crippen molar-refractivity contribution in [3.05, 3.63) is 46.7 Å². The lowest BCUT2D eigenvalue weighted by atomic mass is 10.1. The first kappa shape index (κ1) is 19.6. The van der Waals surface area contributed by atoms with Gasteiger partial charge in [-0.05, 0) is 31.2 Å². The molecule has 0 fully saturated rings. The molecule has 0 radical (unpaired) electrons. The number of nitrogens with zero attached hydrogens (tertiary/aromatic N) is 4. The minimum Gasteiger partial charge on any atom is -0.307 e. The van der Waals surface area contributed by atoms with E-state index in [1.54, 1.807) is 14.0 Å². The number of nitrogens with one attached hydrogen (secondary N) is 1. The highest BCUT2D eigenvalue weighted by atomic mass is 35.5. The van der Waals surface area contributed by atoms with Crippen molar-refractivity contribution in [3.8, 4) is 0 Å². The van der Waals surface area contributed by atoms with Gasteiger partial charge < -0.3 is 5.32 Å². The van der Waals surface area contributed by atoms with Crippen LogP contribution in [-0.2, 0) is 18.0 Å². The molecule has 0 aliphatic heterocycles. The van der Waals surface area contributed by atoms with Gasteiger partial charge in [-0.3, -0.25) is 9.48 Å². The molecule has 0 saturated heterocycles. The van der Waals surface area contributed by atoms with Gasteiger partial charge in [-0.2, -0.15) is 18.3 Å². The number of carbonyl (C=O) groups excluding carboxylic acids is 2. The number of pyridine rings is 1. The smallest absolute Gasteiger partial charge is 0.307 e. The maximum atomic E-state index is 13.2. The molecule has 0 unspecified atom stereocenters. The fraction of sp³-hybridized carbons (Fsp3) is 0.176. The van der Waals surface area contributed by atoms with Gasteiger partial charge in [-0.15, -0.1) is 0 Å². The Bertz CT molecular complexity index is 1080. The highest BCUT2D eigenvalue weighted by Crippen LogP contribution is 2.36. The topological polar surface area (TPSA) is 80.1 Å².